The number of fused-ring (bicyclic) bond motifs is 1. The van der Waals surface area contributed by atoms with Crippen LogP contribution in [0.25, 0.3) is 6.08 Å². The normalized spacial score (nSPS) is 17.8. The van der Waals surface area contributed by atoms with Gasteiger partial charge in [-0.1, -0.05) is 60.2 Å². The molecule has 0 bridgehead atoms. The highest BCUT2D eigenvalue weighted by atomic mass is 16.3. The molecule has 22 heavy (non-hydrogen) atoms. The number of hydrogen-bond acceptors (Lipinski definition) is 2. The molecular formula is C19H19NO2. The number of aliphatic hydroxyl groups excluding tert-OH is 1. The Hall–Kier alpha value is -2.39. The third-order valence-electron chi connectivity index (χ3n) is 3.93. The van der Waals surface area contributed by atoms with Gasteiger partial charge in [-0.15, -0.1) is 0 Å². The molecule has 0 saturated carbocycles. The molecule has 0 aliphatic carbocycles. The third-order valence-corrected chi connectivity index (χ3v) is 3.93. The van der Waals surface area contributed by atoms with E-state index >= 15 is 0 Å². The van der Waals surface area contributed by atoms with Crippen molar-refractivity contribution in [2.45, 2.75) is 19.6 Å². The first kappa shape index (κ1) is 14.5. The zero-order chi connectivity index (χ0) is 15.5. The number of rotatable bonds is 3. The summed E-state index contributed by atoms with van der Waals surface area (Å²) in [7, 11) is 0. The molecule has 2 aromatic rings. The molecule has 1 unspecified atom stereocenters. The summed E-state index contributed by atoms with van der Waals surface area (Å²) in [6.07, 6.45) is 3.63. The lowest BCUT2D eigenvalue weighted by Gasteiger charge is -2.32. The molecule has 1 heterocycles. The maximum atomic E-state index is 12.5. The van der Waals surface area contributed by atoms with Gasteiger partial charge in [0.05, 0.1) is 0 Å². The standard InChI is InChI=1S/C19H19NO2/c1-14-6-4-7-15(12-14)8-5-11-20-18(21)13-16-9-2-3-10-17(16)19(20)22/h2-10,12,18,21H,11,13H2,1H3/b8-5+. The Labute approximate surface area is 130 Å². The monoisotopic (exact) mass is 293 g/mol. The fraction of sp³-hybridized carbons (Fsp3) is 0.211. The predicted octanol–water partition coefficient (Wildman–Crippen LogP) is 3.03. The minimum atomic E-state index is -0.760. The molecule has 3 rings (SSSR count). The second-order valence-corrected chi connectivity index (χ2v) is 5.62. The topological polar surface area (TPSA) is 40.5 Å². The summed E-state index contributed by atoms with van der Waals surface area (Å²) in [5.41, 5.74) is 3.90. The number of benzene rings is 2. The highest BCUT2D eigenvalue weighted by Gasteiger charge is 2.29. The first-order chi connectivity index (χ1) is 10.6. The SMILES string of the molecule is Cc1cccc(/C=C/CN2C(=O)c3ccccc3CC2O)c1. The van der Waals surface area contributed by atoms with Crippen LogP contribution in [-0.2, 0) is 6.42 Å². The molecular weight excluding hydrogens is 274 g/mol. The summed E-state index contributed by atoms with van der Waals surface area (Å²) < 4.78 is 0. The lowest BCUT2D eigenvalue weighted by atomic mass is 9.98. The van der Waals surface area contributed by atoms with Gasteiger partial charge < -0.3 is 10.0 Å². The van der Waals surface area contributed by atoms with E-state index < -0.39 is 6.23 Å². The van der Waals surface area contributed by atoms with Crippen molar-refractivity contribution in [3.63, 3.8) is 0 Å². The lowest BCUT2D eigenvalue weighted by molar-refractivity contribution is 0.00833. The van der Waals surface area contributed by atoms with Gasteiger partial charge in [-0.05, 0) is 24.1 Å². The Morgan fingerprint density at radius 2 is 2.05 bits per heavy atom. The van der Waals surface area contributed by atoms with Gasteiger partial charge in [0.1, 0.15) is 6.23 Å². The second-order valence-electron chi connectivity index (χ2n) is 5.62. The van der Waals surface area contributed by atoms with Crippen LogP contribution in [0, 0.1) is 6.92 Å². The summed E-state index contributed by atoms with van der Waals surface area (Å²) in [5.74, 6) is -0.108. The lowest BCUT2D eigenvalue weighted by Crippen LogP contribution is -2.45. The summed E-state index contributed by atoms with van der Waals surface area (Å²) in [6, 6.07) is 15.6. The number of aliphatic hydroxyl groups is 1. The van der Waals surface area contributed by atoms with Crippen molar-refractivity contribution in [1.29, 1.82) is 0 Å². The molecule has 1 N–H and O–H groups in total. The number of aryl methyl sites for hydroxylation is 1. The highest BCUT2D eigenvalue weighted by Crippen LogP contribution is 2.22. The Balaban J connectivity index is 1.74. The van der Waals surface area contributed by atoms with Crippen molar-refractivity contribution in [1.82, 2.24) is 4.90 Å². The van der Waals surface area contributed by atoms with E-state index in [2.05, 4.69) is 6.07 Å². The summed E-state index contributed by atoms with van der Waals surface area (Å²) in [5, 5.41) is 10.2. The molecule has 0 aromatic heterocycles. The Kier molecular flexibility index (Phi) is 4.07. The second kappa shape index (κ2) is 6.16. The van der Waals surface area contributed by atoms with E-state index in [1.807, 2.05) is 61.5 Å². The number of nitrogens with zero attached hydrogens (tertiary/aromatic N) is 1. The first-order valence-corrected chi connectivity index (χ1v) is 7.45. The van der Waals surface area contributed by atoms with Crippen molar-refractivity contribution in [2.24, 2.45) is 0 Å². The molecule has 0 fully saturated rings. The van der Waals surface area contributed by atoms with Gasteiger partial charge in [-0.2, -0.15) is 0 Å². The predicted molar refractivity (Wildman–Crippen MR) is 87.4 cm³/mol. The minimum absolute atomic E-state index is 0.108. The van der Waals surface area contributed by atoms with E-state index in [0.29, 0.717) is 18.5 Å². The van der Waals surface area contributed by atoms with Gasteiger partial charge in [-0.25, -0.2) is 0 Å². The van der Waals surface area contributed by atoms with E-state index in [-0.39, 0.29) is 5.91 Å². The van der Waals surface area contributed by atoms with Crippen LogP contribution >= 0.6 is 0 Å². The fourth-order valence-corrected chi connectivity index (χ4v) is 2.78. The summed E-state index contributed by atoms with van der Waals surface area (Å²) in [6.45, 7) is 2.45. The van der Waals surface area contributed by atoms with Gasteiger partial charge in [0.25, 0.3) is 5.91 Å². The molecule has 1 aliphatic heterocycles. The van der Waals surface area contributed by atoms with Gasteiger partial charge >= 0.3 is 0 Å². The largest absolute Gasteiger partial charge is 0.373 e. The average Bonchev–Trinajstić information content (AvgIpc) is 2.51. The van der Waals surface area contributed by atoms with Gasteiger partial charge in [0, 0.05) is 18.5 Å². The van der Waals surface area contributed by atoms with Crippen LogP contribution in [0.4, 0.5) is 0 Å². The summed E-state index contributed by atoms with van der Waals surface area (Å²) >= 11 is 0. The zero-order valence-corrected chi connectivity index (χ0v) is 12.6. The van der Waals surface area contributed by atoms with Gasteiger partial charge in [0.15, 0.2) is 0 Å². The van der Waals surface area contributed by atoms with Crippen molar-refractivity contribution < 1.29 is 9.90 Å². The van der Waals surface area contributed by atoms with Crippen LogP contribution in [0.5, 0.6) is 0 Å². The van der Waals surface area contributed by atoms with Crippen LogP contribution in [0.3, 0.4) is 0 Å². The smallest absolute Gasteiger partial charge is 0.256 e. The Morgan fingerprint density at radius 3 is 2.86 bits per heavy atom. The van der Waals surface area contributed by atoms with E-state index in [4.69, 9.17) is 0 Å². The van der Waals surface area contributed by atoms with Crippen molar-refractivity contribution in [3.05, 3.63) is 76.9 Å². The van der Waals surface area contributed by atoms with Crippen molar-refractivity contribution in [3.8, 4) is 0 Å². The van der Waals surface area contributed by atoms with Gasteiger partial charge in [-0.3, -0.25) is 4.79 Å². The molecule has 0 radical (unpaired) electrons. The van der Waals surface area contributed by atoms with E-state index in [9.17, 15) is 9.90 Å². The maximum absolute atomic E-state index is 12.5. The molecule has 1 atom stereocenters. The molecule has 112 valence electrons. The number of hydrogen-bond donors (Lipinski definition) is 1. The Bertz CT molecular complexity index is 721. The molecule has 2 aromatic carbocycles. The molecule has 1 aliphatic rings. The van der Waals surface area contributed by atoms with Crippen LogP contribution in [0.1, 0.15) is 27.0 Å². The molecule has 0 spiro atoms. The summed E-state index contributed by atoms with van der Waals surface area (Å²) in [4.78, 5) is 14.0. The quantitative estimate of drug-likeness (QED) is 0.945. The van der Waals surface area contributed by atoms with E-state index in [1.54, 1.807) is 0 Å². The van der Waals surface area contributed by atoms with Crippen molar-refractivity contribution in [2.75, 3.05) is 6.54 Å². The highest BCUT2D eigenvalue weighted by molar-refractivity contribution is 5.97. The zero-order valence-electron chi connectivity index (χ0n) is 12.6. The van der Waals surface area contributed by atoms with Gasteiger partial charge in [0.2, 0.25) is 0 Å². The van der Waals surface area contributed by atoms with Crippen molar-refractivity contribution >= 4 is 12.0 Å². The minimum Gasteiger partial charge on any atom is -0.373 e. The number of carbonyl (C=O) groups excluding carboxylic acids is 1. The Morgan fingerprint density at radius 1 is 1.23 bits per heavy atom. The van der Waals surface area contributed by atoms with Crippen LogP contribution in [0.15, 0.2) is 54.6 Å². The molecule has 3 nitrogen and oxygen atoms in total. The maximum Gasteiger partial charge on any atom is 0.256 e. The molecule has 3 heteroatoms. The average molecular weight is 293 g/mol. The van der Waals surface area contributed by atoms with Crippen LogP contribution in [-0.4, -0.2) is 28.7 Å². The third kappa shape index (κ3) is 2.95. The van der Waals surface area contributed by atoms with E-state index in [1.165, 1.54) is 10.5 Å². The van der Waals surface area contributed by atoms with Crippen LogP contribution < -0.4 is 0 Å². The fourth-order valence-electron chi connectivity index (χ4n) is 2.78. The first-order valence-electron chi connectivity index (χ1n) is 7.45. The van der Waals surface area contributed by atoms with Crippen LogP contribution in [0.2, 0.25) is 0 Å². The number of amides is 1. The molecule has 0 saturated heterocycles. The van der Waals surface area contributed by atoms with E-state index in [0.717, 1.165) is 11.1 Å². The number of carbonyl (C=O) groups is 1. The molecule has 1 amide bonds.